The summed E-state index contributed by atoms with van der Waals surface area (Å²) in [5, 5.41) is 0.388. The molecule has 0 bridgehead atoms. The van der Waals surface area contributed by atoms with Crippen LogP contribution in [0.3, 0.4) is 0 Å². The van der Waals surface area contributed by atoms with E-state index in [-0.39, 0.29) is 10.9 Å². The minimum Gasteiger partial charge on any atom is -0.329 e. The second-order valence-corrected chi connectivity index (χ2v) is 7.38. The van der Waals surface area contributed by atoms with Crippen LogP contribution in [0.15, 0.2) is 27.6 Å². The Bertz CT molecular complexity index is 550. The van der Waals surface area contributed by atoms with Crippen LogP contribution < -0.4 is 5.73 Å². The maximum atomic E-state index is 12.5. The number of nitrogens with two attached hydrogens (primary N) is 1. The molecule has 0 saturated carbocycles. The lowest BCUT2D eigenvalue weighted by atomic mass is 10.2. The van der Waals surface area contributed by atoms with Gasteiger partial charge in [0.1, 0.15) is 0 Å². The highest BCUT2D eigenvalue weighted by Crippen LogP contribution is 2.30. The average Bonchev–Trinajstić information content (AvgIpc) is 2.81. The first-order chi connectivity index (χ1) is 8.46. The summed E-state index contributed by atoms with van der Waals surface area (Å²) in [6, 6.07) is 4.56. The second kappa shape index (κ2) is 5.46. The minimum atomic E-state index is -3.49. The summed E-state index contributed by atoms with van der Waals surface area (Å²) in [6.45, 7) is 0.876. The van der Waals surface area contributed by atoms with Crippen molar-refractivity contribution in [1.29, 1.82) is 0 Å². The third-order valence-electron chi connectivity index (χ3n) is 3.09. The van der Waals surface area contributed by atoms with Crippen LogP contribution in [-0.4, -0.2) is 31.9 Å². The van der Waals surface area contributed by atoms with Crippen LogP contribution in [0.4, 0.5) is 0 Å². The Morgan fingerprint density at radius 1 is 1.50 bits per heavy atom. The Morgan fingerprint density at radius 3 is 2.83 bits per heavy atom. The molecule has 1 aromatic carbocycles. The Balaban J connectivity index is 2.38. The Labute approximate surface area is 120 Å². The fraction of sp³-hybridized carbons (Fsp3) is 0.455. The number of nitrogens with zero attached hydrogens (tertiary/aromatic N) is 1. The Hall–Kier alpha value is -0.140. The van der Waals surface area contributed by atoms with Crippen molar-refractivity contribution in [3.05, 3.63) is 27.7 Å². The van der Waals surface area contributed by atoms with Gasteiger partial charge in [0.15, 0.2) is 0 Å². The number of hydrogen-bond acceptors (Lipinski definition) is 3. The fourth-order valence-electron chi connectivity index (χ4n) is 2.13. The van der Waals surface area contributed by atoms with Crippen LogP contribution in [0, 0.1) is 0 Å². The zero-order valence-corrected chi connectivity index (χ0v) is 12.8. The summed E-state index contributed by atoms with van der Waals surface area (Å²) in [5.41, 5.74) is 5.61. The van der Waals surface area contributed by atoms with Gasteiger partial charge < -0.3 is 5.73 Å². The standard InChI is InChI=1S/C11H14BrClN2O2S/c12-10-4-3-9(6-11(10)13)18(16,17)15-5-1-2-8(15)7-14/h3-4,6,8H,1-2,5,7,14H2. The SMILES string of the molecule is NCC1CCCN1S(=O)(=O)c1ccc(Br)c(Cl)c1. The first-order valence-corrected chi connectivity index (χ1v) is 8.25. The van der Waals surface area contributed by atoms with Crippen molar-refractivity contribution in [3.63, 3.8) is 0 Å². The van der Waals surface area contributed by atoms with Crippen LogP contribution in [0.5, 0.6) is 0 Å². The molecule has 0 amide bonds. The number of rotatable bonds is 3. The van der Waals surface area contributed by atoms with Gasteiger partial charge in [-0.2, -0.15) is 4.31 Å². The van der Waals surface area contributed by atoms with Crippen LogP contribution in [0.1, 0.15) is 12.8 Å². The molecule has 18 heavy (non-hydrogen) atoms. The van der Waals surface area contributed by atoms with Gasteiger partial charge in [0.05, 0.1) is 9.92 Å². The van der Waals surface area contributed by atoms with Crippen molar-refractivity contribution in [2.75, 3.05) is 13.1 Å². The molecular weight excluding hydrogens is 340 g/mol. The molecule has 0 aliphatic carbocycles. The molecule has 2 rings (SSSR count). The summed E-state index contributed by atoms with van der Waals surface area (Å²) in [7, 11) is -3.49. The number of sulfonamides is 1. The molecule has 2 N–H and O–H groups in total. The van der Waals surface area contributed by atoms with E-state index >= 15 is 0 Å². The van der Waals surface area contributed by atoms with E-state index in [4.69, 9.17) is 17.3 Å². The molecule has 100 valence electrons. The normalized spacial score (nSPS) is 21.4. The van der Waals surface area contributed by atoms with Gasteiger partial charge in [0.2, 0.25) is 10.0 Å². The Kier molecular flexibility index (Phi) is 4.33. The van der Waals surface area contributed by atoms with E-state index in [2.05, 4.69) is 15.9 Å². The molecule has 1 atom stereocenters. The maximum absolute atomic E-state index is 12.5. The molecule has 1 fully saturated rings. The van der Waals surface area contributed by atoms with E-state index in [1.807, 2.05) is 0 Å². The predicted octanol–water partition coefficient (Wildman–Crippen LogP) is 2.21. The van der Waals surface area contributed by atoms with Crippen molar-refractivity contribution in [3.8, 4) is 0 Å². The average molecular weight is 354 g/mol. The van der Waals surface area contributed by atoms with Crippen LogP contribution >= 0.6 is 27.5 Å². The summed E-state index contributed by atoms with van der Waals surface area (Å²) >= 11 is 9.19. The molecule has 0 aromatic heterocycles. The molecule has 1 unspecified atom stereocenters. The molecule has 7 heteroatoms. The molecule has 1 aromatic rings. The largest absolute Gasteiger partial charge is 0.329 e. The van der Waals surface area contributed by atoms with Gasteiger partial charge in [-0.3, -0.25) is 0 Å². The lowest BCUT2D eigenvalue weighted by Gasteiger charge is -2.22. The van der Waals surface area contributed by atoms with Gasteiger partial charge in [-0.15, -0.1) is 0 Å². The van der Waals surface area contributed by atoms with E-state index in [0.717, 1.165) is 12.8 Å². The van der Waals surface area contributed by atoms with E-state index < -0.39 is 10.0 Å². The monoisotopic (exact) mass is 352 g/mol. The lowest BCUT2D eigenvalue weighted by molar-refractivity contribution is 0.393. The maximum Gasteiger partial charge on any atom is 0.243 e. The van der Waals surface area contributed by atoms with Crippen molar-refractivity contribution in [2.24, 2.45) is 5.73 Å². The first kappa shape index (κ1) is 14.3. The summed E-state index contributed by atoms with van der Waals surface area (Å²) in [4.78, 5) is 0.219. The highest BCUT2D eigenvalue weighted by Gasteiger charge is 2.34. The van der Waals surface area contributed by atoms with Crippen molar-refractivity contribution in [2.45, 2.75) is 23.8 Å². The van der Waals surface area contributed by atoms with E-state index in [1.165, 1.54) is 10.4 Å². The third kappa shape index (κ3) is 2.58. The molecular formula is C11H14BrClN2O2S. The van der Waals surface area contributed by atoms with E-state index in [0.29, 0.717) is 22.6 Å². The number of benzene rings is 1. The highest BCUT2D eigenvalue weighted by atomic mass is 79.9. The minimum absolute atomic E-state index is 0.0996. The number of hydrogen-bond donors (Lipinski definition) is 1. The lowest BCUT2D eigenvalue weighted by Crippen LogP contribution is -2.39. The smallest absolute Gasteiger partial charge is 0.243 e. The van der Waals surface area contributed by atoms with E-state index in [1.54, 1.807) is 12.1 Å². The van der Waals surface area contributed by atoms with Crippen molar-refractivity contribution < 1.29 is 8.42 Å². The molecule has 1 heterocycles. The Morgan fingerprint density at radius 2 is 2.22 bits per heavy atom. The summed E-state index contributed by atoms with van der Waals surface area (Å²) in [6.07, 6.45) is 1.67. The van der Waals surface area contributed by atoms with E-state index in [9.17, 15) is 8.42 Å². The predicted molar refractivity (Wildman–Crippen MR) is 75.1 cm³/mol. The fourth-order valence-corrected chi connectivity index (χ4v) is 4.36. The third-order valence-corrected chi connectivity index (χ3v) is 6.27. The molecule has 1 saturated heterocycles. The van der Waals surface area contributed by atoms with Crippen LogP contribution in [0.25, 0.3) is 0 Å². The van der Waals surface area contributed by atoms with Crippen LogP contribution in [0.2, 0.25) is 5.02 Å². The van der Waals surface area contributed by atoms with Gasteiger partial charge in [0.25, 0.3) is 0 Å². The summed E-state index contributed by atoms with van der Waals surface area (Å²) < 4.78 is 27.1. The topological polar surface area (TPSA) is 63.4 Å². The molecule has 1 aliphatic heterocycles. The van der Waals surface area contributed by atoms with Crippen molar-refractivity contribution >= 4 is 37.6 Å². The zero-order chi connectivity index (χ0) is 13.3. The second-order valence-electron chi connectivity index (χ2n) is 4.22. The van der Waals surface area contributed by atoms with Crippen LogP contribution in [-0.2, 0) is 10.0 Å². The van der Waals surface area contributed by atoms with Gasteiger partial charge in [-0.1, -0.05) is 11.6 Å². The zero-order valence-electron chi connectivity index (χ0n) is 9.64. The number of halogens is 2. The molecule has 0 spiro atoms. The molecule has 1 aliphatic rings. The van der Waals surface area contributed by atoms with Gasteiger partial charge in [-0.25, -0.2) is 8.42 Å². The first-order valence-electron chi connectivity index (χ1n) is 5.64. The van der Waals surface area contributed by atoms with Gasteiger partial charge in [0, 0.05) is 23.6 Å². The highest BCUT2D eigenvalue weighted by molar-refractivity contribution is 9.10. The quantitative estimate of drug-likeness (QED) is 0.906. The van der Waals surface area contributed by atoms with Gasteiger partial charge >= 0.3 is 0 Å². The molecule has 0 radical (unpaired) electrons. The van der Waals surface area contributed by atoms with Gasteiger partial charge in [-0.05, 0) is 47.0 Å². The molecule has 4 nitrogen and oxygen atoms in total. The van der Waals surface area contributed by atoms with Crippen molar-refractivity contribution in [1.82, 2.24) is 4.31 Å². The summed E-state index contributed by atoms with van der Waals surface area (Å²) in [5.74, 6) is 0.